The minimum absolute atomic E-state index is 0.0661. The van der Waals surface area contributed by atoms with Crippen molar-refractivity contribution in [2.45, 2.75) is 19.9 Å². The summed E-state index contributed by atoms with van der Waals surface area (Å²) in [5, 5.41) is 3.29. The Labute approximate surface area is 110 Å². The van der Waals surface area contributed by atoms with Crippen LogP contribution >= 0.6 is 11.6 Å². The lowest BCUT2D eigenvalue weighted by molar-refractivity contribution is 0.569. The van der Waals surface area contributed by atoms with Gasteiger partial charge < -0.3 is 9.73 Å². The van der Waals surface area contributed by atoms with E-state index in [0.717, 1.165) is 18.7 Å². The summed E-state index contributed by atoms with van der Waals surface area (Å²) in [6, 6.07) is 4.40. The number of nitrogens with zero attached hydrogens (tertiary/aromatic N) is 1. The fraction of sp³-hybridized carbons (Fsp3) is 0.308. The number of rotatable bonds is 5. The van der Waals surface area contributed by atoms with Gasteiger partial charge >= 0.3 is 0 Å². The molecule has 0 aliphatic carbocycles. The molecule has 1 N–H and O–H groups in total. The van der Waals surface area contributed by atoms with E-state index in [-0.39, 0.29) is 5.02 Å². The molecule has 0 fully saturated rings. The van der Waals surface area contributed by atoms with E-state index in [1.54, 1.807) is 12.3 Å². The minimum atomic E-state index is -0.447. The molecule has 0 saturated carbocycles. The summed E-state index contributed by atoms with van der Waals surface area (Å²) in [6.07, 6.45) is 2.66. The normalized spacial score (nSPS) is 10.8. The molecule has 2 rings (SSSR count). The van der Waals surface area contributed by atoms with Crippen LogP contribution in [0.25, 0.3) is 11.5 Å². The Balaban J connectivity index is 2.11. The van der Waals surface area contributed by atoms with E-state index in [1.807, 2.05) is 0 Å². The third kappa shape index (κ3) is 3.09. The van der Waals surface area contributed by atoms with Gasteiger partial charge in [0, 0.05) is 12.1 Å². The van der Waals surface area contributed by atoms with E-state index in [1.165, 1.54) is 12.1 Å². The summed E-state index contributed by atoms with van der Waals surface area (Å²) in [4.78, 5) is 4.31. The van der Waals surface area contributed by atoms with Gasteiger partial charge in [-0.15, -0.1) is 0 Å². The molecule has 1 heterocycles. The molecule has 0 saturated heterocycles. The molecule has 0 radical (unpaired) electrons. The lowest BCUT2D eigenvalue weighted by atomic mass is 10.2. The van der Waals surface area contributed by atoms with Crippen molar-refractivity contribution in [2.75, 3.05) is 6.54 Å². The SMILES string of the molecule is CCCNCc1coc(-c2ccc(F)c(Cl)c2)n1. The average Bonchev–Trinajstić information content (AvgIpc) is 2.82. The highest BCUT2D eigenvalue weighted by Gasteiger charge is 2.08. The number of benzene rings is 1. The van der Waals surface area contributed by atoms with Gasteiger partial charge in [0.1, 0.15) is 12.1 Å². The van der Waals surface area contributed by atoms with Crippen molar-refractivity contribution < 1.29 is 8.81 Å². The summed E-state index contributed by atoms with van der Waals surface area (Å²) in [5.41, 5.74) is 1.49. The molecule has 1 aromatic heterocycles. The van der Waals surface area contributed by atoms with Gasteiger partial charge in [0.15, 0.2) is 0 Å². The predicted molar refractivity (Wildman–Crippen MR) is 68.9 cm³/mol. The lowest BCUT2D eigenvalue weighted by Crippen LogP contribution is -2.13. The highest BCUT2D eigenvalue weighted by molar-refractivity contribution is 6.31. The van der Waals surface area contributed by atoms with Crippen LogP contribution in [0.3, 0.4) is 0 Å². The van der Waals surface area contributed by atoms with Gasteiger partial charge in [-0.1, -0.05) is 18.5 Å². The smallest absolute Gasteiger partial charge is 0.226 e. The quantitative estimate of drug-likeness (QED) is 0.842. The maximum absolute atomic E-state index is 13.0. The molecule has 0 amide bonds. The van der Waals surface area contributed by atoms with Crippen LogP contribution in [0.5, 0.6) is 0 Å². The molecule has 1 aromatic carbocycles. The highest BCUT2D eigenvalue weighted by atomic mass is 35.5. The summed E-state index contributed by atoms with van der Waals surface area (Å²) < 4.78 is 18.4. The fourth-order valence-corrected chi connectivity index (χ4v) is 1.72. The molecular weight excluding hydrogens is 255 g/mol. The topological polar surface area (TPSA) is 38.1 Å². The number of hydrogen-bond donors (Lipinski definition) is 1. The minimum Gasteiger partial charge on any atom is -0.444 e. The molecule has 0 aliphatic rings. The molecule has 3 nitrogen and oxygen atoms in total. The van der Waals surface area contributed by atoms with Crippen molar-refractivity contribution >= 4 is 11.6 Å². The van der Waals surface area contributed by atoms with Crippen LogP contribution in [0.4, 0.5) is 4.39 Å². The molecular formula is C13H14ClFN2O. The molecule has 0 aliphatic heterocycles. The van der Waals surface area contributed by atoms with Crippen LogP contribution in [-0.2, 0) is 6.54 Å². The van der Waals surface area contributed by atoms with Crippen molar-refractivity contribution in [3.8, 4) is 11.5 Å². The van der Waals surface area contributed by atoms with Gasteiger partial charge in [-0.2, -0.15) is 0 Å². The average molecular weight is 269 g/mol. The second kappa shape index (κ2) is 5.98. The largest absolute Gasteiger partial charge is 0.444 e. The number of nitrogens with one attached hydrogen (secondary N) is 1. The summed E-state index contributed by atoms with van der Waals surface area (Å²) in [6.45, 7) is 3.69. The van der Waals surface area contributed by atoms with Gasteiger partial charge in [0.25, 0.3) is 0 Å². The van der Waals surface area contributed by atoms with Gasteiger partial charge in [-0.25, -0.2) is 9.37 Å². The van der Waals surface area contributed by atoms with Gasteiger partial charge in [-0.05, 0) is 31.2 Å². The zero-order valence-corrected chi connectivity index (χ0v) is 10.8. The van der Waals surface area contributed by atoms with E-state index in [0.29, 0.717) is 18.0 Å². The summed E-state index contributed by atoms with van der Waals surface area (Å²) in [5.74, 6) is 0.00186. The fourth-order valence-electron chi connectivity index (χ4n) is 1.54. The molecule has 96 valence electrons. The van der Waals surface area contributed by atoms with Crippen LogP contribution in [-0.4, -0.2) is 11.5 Å². The van der Waals surface area contributed by atoms with Crippen molar-refractivity contribution in [1.82, 2.24) is 10.3 Å². The Bertz CT molecular complexity index is 527. The summed E-state index contributed by atoms with van der Waals surface area (Å²) in [7, 11) is 0. The second-order valence-electron chi connectivity index (χ2n) is 3.95. The first-order valence-electron chi connectivity index (χ1n) is 5.81. The van der Waals surface area contributed by atoms with Gasteiger partial charge in [0.05, 0.1) is 10.7 Å². The maximum Gasteiger partial charge on any atom is 0.226 e. The molecule has 18 heavy (non-hydrogen) atoms. The number of hydrogen-bond acceptors (Lipinski definition) is 3. The van der Waals surface area contributed by atoms with E-state index in [9.17, 15) is 4.39 Å². The van der Waals surface area contributed by atoms with Crippen LogP contribution in [0, 0.1) is 5.82 Å². The van der Waals surface area contributed by atoms with E-state index in [4.69, 9.17) is 16.0 Å². The van der Waals surface area contributed by atoms with Crippen LogP contribution in [0.15, 0.2) is 28.9 Å². The first kappa shape index (κ1) is 13.1. The Hall–Kier alpha value is -1.39. The van der Waals surface area contributed by atoms with E-state index in [2.05, 4.69) is 17.2 Å². The van der Waals surface area contributed by atoms with Gasteiger partial charge in [0.2, 0.25) is 5.89 Å². The Kier molecular flexibility index (Phi) is 4.33. The zero-order valence-electron chi connectivity index (χ0n) is 10.0. The van der Waals surface area contributed by atoms with Crippen molar-refractivity contribution in [3.05, 3.63) is 41.0 Å². The molecule has 0 bridgehead atoms. The number of halogens is 2. The molecule has 0 atom stereocenters. The first-order chi connectivity index (χ1) is 8.70. The second-order valence-corrected chi connectivity index (χ2v) is 4.36. The number of oxazole rings is 1. The van der Waals surface area contributed by atoms with Crippen LogP contribution in [0.1, 0.15) is 19.0 Å². The zero-order chi connectivity index (χ0) is 13.0. The Morgan fingerprint density at radius 1 is 1.44 bits per heavy atom. The van der Waals surface area contributed by atoms with Crippen LogP contribution < -0.4 is 5.32 Å². The third-order valence-electron chi connectivity index (χ3n) is 2.45. The first-order valence-corrected chi connectivity index (χ1v) is 6.19. The predicted octanol–water partition coefficient (Wildman–Crippen LogP) is 3.63. The van der Waals surface area contributed by atoms with Crippen molar-refractivity contribution in [3.63, 3.8) is 0 Å². The van der Waals surface area contributed by atoms with Gasteiger partial charge in [-0.3, -0.25) is 0 Å². The maximum atomic E-state index is 13.0. The molecule has 5 heteroatoms. The monoisotopic (exact) mass is 268 g/mol. The summed E-state index contributed by atoms with van der Waals surface area (Å²) >= 11 is 5.72. The third-order valence-corrected chi connectivity index (χ3v) is 2.74. The van der Waals surface area contributed by atoms with E-state index < -0.39 is 5.82 Å². The number of aromatic nitrogens is 1. The van der Waals surface area contributed by atoms with E-state index >= 15 is 0 Å². The molecule has 0 unspecified atom stereocenters. The Morgan fingerprint density at radius 3 is 3.00 bits per heavy atom. The standard InChI is InChI=1S/C13H14ClFN2O/c1-2-5-16-7-10-8-18-13(17-10)9-3-4-12(15)11(14)6-9/h3-4,6,8,16H,2,5,7H2,1H3. The van der Waals surface area contributed by atoms with Crippen molar-refractivity contribution in [2.24, 2.45) is 0 Å². The molecule has 0 spiro atoms. The highest BCUT2D eigenvalue weighted by Crippen LogP contribution is 2.24. The van der Waals surface area contributed by atoms with Crippen LogP contribution in [0.2, 0.25) is 5.02 Å². The molecule has 2 aromatic rings. The Morgan fingerprint density at radius 2 is 2.28 bits per heavy atom. The van der Waals surface area contributed by atoms with Crippen molar-refractivity contribution in [1.29, 1.82) is 0 Å². The lowest BCUT2D eigenvalue weighted by Gasteiger charge is -1.98.